The number of hydrogen-bond donors (Lipinski definition) is 2. The number of sulfone groups is 1. The summed E-state index contributed by atoms with van der Waals surface area (Å²) < 4.78 is 23.0. The molecule has 1 aromatic rings. The summed E-state index contributed by atoms with van der Waals surface area (Å²) in [6.07, 6.45) is 0. The molecular weight excluding hydrogens is 445 g/mol. The molecule has 1 heterocycles. The smallest absolute Gasteiger partial charge is 0.191 e. The lowest BCUT2D eigenvalue weighted by Crippen LogP contribution is -2.40. The highest BCUT2D eigenvalue weighted by atomic mass is 127. The van der Waals surface area contributed by atoms with Gasteiger partial charge >= 0.3 is 0 Å². The Balaban J connectivity index is 0.00000484. The van der Waals surface area contributed by atoms with Crippen molar-refractivity contribution in [3.63, 3.8) is 0 Å². The number of halogens is 1. The van der Waals surface area contributed by atoms with Gasteiger partial charge in [-0.05, 0) is 18.4 Å². The molecule has 23 heavy (non-hydrogen) atoms. The minimum atomic E-state index is -2.95. The Morgan fingerprint density at radius 3 is 2.52 bits per heavy atom. The van der Waals surface area contributed by atoms with E-state index in [-0.39, 0.29) is 40.9 Å². The Labute approximate surface area is 161 Å². The van der Waals surface area contributed by atoms with Crippen molar-refractivity contribution in [2.45, 2.75) is 33.1 Å². The molecule has 0 spiro atoms. The van der Waals surface area contributed by atoms with Gasteiger partial charge in [-0.1, -0.05) is 26.8 Å². The molecule has 0 aromatic carbocycles. The lowest BCUT2D eigenvalue weighted by molar-refractivity contribution is 0.548. The minimum absolute atomic E-state index is 0. The quantitative estimate of drug-likeness (QED) is 0.346. The van der Waals surface area contributed by atoms with E-state index in [1.165, 1.54) is 4.88 Å². The topological polar surface area (TPSA) is 70.6 Å². The zero-order valence-corrected chi connectivity index (χ0v) is 18.2. The van der Waals surface area contributed by atoms with Crippen LogP contribution in [0.15, 0.2) is 22.5 Å². The fourth-order valence-electron chi connectivity index (χ4n) is 1.83. The lowest BCUT2D eigenvalue weighted by atomic mass is 9.92. The van der Waals surface area contributed by atoms with Crippen LogP contribution in [0.1, 0.15) is 32.6 Å². The number of thiophene rings is 1. The fourth-order valence-corrected chi connectivity index (χ4v) is 3.38. The zero-order chi connectivity index (χ0) is 16.6. The van der Waals surface area contributed by atoms with Crippen LogP contribution in [-0.4, -0.2) is 45.5 Å². The normalized spacial score (nSPS) is 12.6. The van der Waals surface area contributed by atoms with E-state index in [0.717, 1.165) is 6.54 Å². The fraction of sp³-hybridized carbons (Fsp3) is 0.667. The third-order valence-corrected chi connectivity index (χ3v) is 6.25. The number of nitrogens with zero attached hydrogens (tertiary/aromatic N) is 1. The van der Waals surface area contributed by atoms with E-state index in [1.54, 1.807) is 18.3 Å². The molecule has 134 valence electrons. The molecule has 0 saturated heterocycles. The molecule has 1 rings (SSSR count). The summed E-state index contributed by atoms with van der Waals surface area (Å²) >= 11 is 1.73. The zero-order valence-electron chi connectivity index (χ0n) is 14.3. The molecule has 0 aliphatic heterocycles. The number of hydrogen-bond acceptors (Lipinski definition) is 4. The van der Waals surface area contributed by atoms with Crippen LogP contribution in [0.5, 0.6) is 0 Å². The summed E-state index contributed by atoms with van der Waals surface area (Å²) in [5.41, 5.74) is -0.0357. The van der Waals surface area contributed by atoms with E-state index in [4.69, 9.17) is 0 Å². The van der Waals surface area contributed by atoms with Gasteiger partial charge in [0.25, 0.3) is 0 Å². The lowest BCUT2D eigenvalue weighted by Gasteiger charge is -2.21. The summed E-state index contributed by atoms with van der Waals surface area (Å²) in [4.78, 5) is 5.89. The highest BCUT2D eigenvalue weighted by molar-refractivity contribution is 14.0. The second-order valence-corrected chi connectivity index (χ2v) is 9.14. The molecule has 2 N–H and O–H groups in total. The Morgan fingerprint density at radius 2 is 2.00 bits per heavy atom. The standard InChI is InChI=1S/C15H27N3O2S2.HI/c1-5-16-14(17-9-11-22(19,20)6-2)18-12-15(3,4)13-8-7-10-21-13;/h7-8,10H,5-6,9,11-12H2,1-4H3,(H2,16,17,18);1H. The summed E-state index contributed by atoms with van der Waals surface area (Å²) in [6.45, 7) is 9.74. The SMILES string of the molecule is CCNC(=NCC(C)(C)c1cccs1)NCCS(=O)(=O)CC.I. The summed E-state index contributed by atoms with van der Waals surface area (Å²) in [5, 5.41) is 8.31. The van der Waals surface area contributed by atoms with Crippen molar-refractivity contribution in [3.8, 4) is 0 Å². The Hall–Kier alpha value is -0.350. The third-order valence-electron chi connectivity index (χ3n) is 3.31. The van der Waals surface area contributed by atoms with Gasteiger partial charge in [0.1, 0.15) is 0 Å². The molecule has 0 amide bonds. The van der Waals surface area contributed by atoms with E-state index in [2.05, 4.69) is 40.9 Å². The van der Waals surface area contributed by atoms with Crippen LogP contribution < -0.4 is 10.6 Å². The Morgan fingerprint density at radius 1 is 1.30 bits per heavy atom. The molecule has 0 fully saturated rings. The first-order valence-electron chi connectivity index (χ1n) is 7.57. The van der Waals surface area contributed by atoms with Crippen LogP contribution >= 0.6 is 35.3 Å². The van der Waals surface area contributed by atoms with Gasteiger partial charge in [-0.3, -0.25) is 4.99 Å². The second-order valence-electron chi connectivity index (χ2n) is 5.72. The molecule has 0 atom stereocenters. The second kappa shape index (κ2) is 10.5. The molecule has 0 radical (unpaired) electrons. The van der Waals surface area contributed by atoms with Gasteiger partial charge in [0.05, 0.1) is 12.3 Å². The molecule has 0 unspecified atom stereocenters. The molecule has 0 aliphatic carbocycles. The van der Waals surface area contributed by atoms with E-state index in [0.29, 0.717) is 19.0 Å². The molecule has 8 heteroatoms. The number of nitrogens with one attached hydrogen (secondary N) is 2. The minimum Gasteiger partial charge on any atom is -0.357 e. The maximum Gasteiger partial charge on any atom is 0.191 e. The number of rotatable bonds is 8. The van der Waals surface area contributed by atoms with E-state index in [1.807, 2.05) is 13.0 Å². The van der Waals surface area contributed by atoms with Crippen molar-refractivity contribution in [1.29, 1.82) is 0 Å². The molecule has 5 nitrogen and oxygen atoms in total. The van der Waals surface area contributed by atoms with Gasteiger partial charge < -0.3 is 10.6 Å². The molecule has 0 bridgehead atoms. The maximum absolute atomic E-state index is 11.5. The molecule has 0 saturated carbocycles. The molecule has 0 aliphatic rings. The van der Waals surface area contributed by atoms with Crippen molar-refractivity contribution in [3.05, 3.63) is 22.4 Å². The van der Waals surface area contributed by atoms with Crippen LogP contribution in [0.2, 0.25) is 0 Å². The first-order chi connectivity index (χ1) is 10.3. The van der Waals surface area contributed by atoms with Crippen LogP contribution in [0.3, 0.4) is 0 Å². The van der Waals surface area contributed by atoms with Crippen molar-refractivity contribution in [2.24, 2.45) is 4.99 Å². The largest absolute Gasteiger partial charge is 0.357 e. The molecule has 1 aromatic heterocycles. The van der Waals surface area contributed by atoms with Gasteiger partial charge in [0.15, 0.2) is 15.8 Å². The van der Waals surface area contributed by atoms with Crippen molar-refractivity contribution < 1.29 is 8.42 Å². The van der Waals surface area contributed by atoms with Crippen molar-refractivity contribution >= 4 is 51.1 Å². The predicted molar refractivity (Wildman–Crippen MR) is 111 cm³/mol. The predicted octanol–water partition coefficient (Wildman–Crippen LogP) is 2.63. The van der Waals surface area contributed by atoms with Crippen LogP contribution in [0.4, 0.5) is 0 Å². The monoisotopic (exact) mass is 473 g/mol. The van der Waals surface area contributed by atoms with Crippen LogP contribution in [0.25, 0.3) is 0 Å². The molecular formula is C15H28IN3O2S2. The van der Waals surface area contributed by atoms with Crippen molar-refractivity contribution in [1.82, 2.24) is 10.6 Å². The third kappa shape index (κ3) is 8.35. The Bertz CT molecular complexity index is 570. The number of guanidine groups is 1. The highest BCUT2D eigenvalue weighted by Gasteiger charge is 2.21. The maximum atomic E-state index is 11.5. The van der Waals surface area contributed by atoms with Gasteiger partial charge in [-0.15, -0.1) is 35.3 Å². The van der Waals surface area contributed by atoms with E-state index < -0.39 is 9.84 Å². The highest BCUT2D eigenvalue weighted by Crippen LogP contribution is 2.27. The first kappa shape index (κ1) is 22.6. The van der Waals surface area contributed by atoms with Crippen LogP contribution in [0, 0.1) is 0 Å². The summed E-state index contributed by atoms with van der Waals surface area (Å²) in [6, 6.07) is 4.17. The van der Waals surface area contributed by atoms with Gasteiger partial charge in [-0.2, -0.15) is 0 Å². The average molecular weight is 473 g/mol. The first-order valence-corrected chi connectivity index (χ1v) is 10.3. The average Bonchev–Trinajstić information content (AvgIpc) is 3.00. The van der Waals surface area contributed by atoms with Gasteiger partial charge in [0, 0.05) is 29.1 Å². The summed E-state index contributed by atoms with van der Waals surface area (Å²) in [5.74, 6) is 0.967. The van der Waals surface area contributed by atoms with E-state index in [9.17, 15) is 8.42 Å². The van der Waals surface area contributed by atoms with Gasteiger partial charge in [-0.25, -0.2) is 8.42 Å². The summed E-state index contributed by atoms with van der Waals surface area (Å²) in [7, 11) is -2.95. The van der Waals surface area contributed by atoms with Crippen molar-refractivity contribution in [2.75, 3.05) is 31.1 Å². The number of aliphatic imine (C=N–C) groups is 1. The van der Waals surface area contributed by atoms with Crippen LogP contribution in [-0.2, 0) is 15.3 Å². The van der Waals surface area contributed by atoms with Gasteiger partial charge in [0.2, 0.25) is 0 Å². The van der Waals surface area contributed by atoms with E-state index >= 15 is 0 Å². The Kier molecular flexibility index (Phi) is 10.3.